The van der Waals surface area contributed by atoms with Crippen molar-refractivity contribution in [3.05, 3.63) is 71.3 Å². The van der Waals surface area contributed by atoms with Gasteiger partial charge in [-0.2, -0.15) is 0 Å². The molecule has 0 unspecified atom stereocenters. The van der Waals surface area contributed by atoms with Crippen molar-refractivity contribution in [3.8, 4) is 0 Å². The van der Waals surface area contributed by atoms with Crippen LogP contribution >= 0.6 is 0 Å². The minimum atomic E-state index is -0.415. The fraction of sp³-hybridized carbons (Fsp3) is 0.333. The first-order valence-corrected chi connectivity index (χ1v) is 13.2. The zero-order chi connectivity index (χ0) is 27.9. The van der Waals surface area contributed by atoms with Gasteiger partial charge in [-0.1, -0.05) is 24.3 Å². The van der Waals surface area contributed by atoms with Crippen LogP contribution in [0.15, 0.2) is 54.6 Å². The molecule has 9 heteroatoms. The highest BCUT2D eigenvalue weighted by Gasteiger charge is 2.32. The lowest BCUT2D eigenvalue weighted by atomic mass is 9.93. The van der Waals surface area contributed by atoms with E-state index in [4.69, 9.17) is 9.47 Å². The first-order chi connectivity index (χ1) is 18.9. The lowest BCUT2D eigenvalue weighted by Gasteiger charge is -2.26. The maximum atomic E-state index is 12.8. The number of anilines is 2. The van der Waals surface area contributed by atoms with E-state index in [9.17, 15) is 19.2 Å². The zero-order valence-electron chi connectivity index (χ0n) is 22.5. The summed E-state index contributed by atoms with van der Waals surface area (Å²) >= 11 is 0. The molecule has 0 aromatic heterocycles. The third kappa shape index (κ3) is 6.03. The van der Waals surface area contributed by atoms with Gasteiger partial charge >= 0.3 is 11.9 Å². The molecule has 3 aromatic rings. The molecule has 3 aromatic carbocycles. The monoisotopic (exact) mass is 531 g/mol. The average Bonchev–Trinajstić information content (AvgIpc) is 2.92. The van der Waals surface area contributed by atoms with Crippen molar-refractivity contribution < 1.29 is 28.7 Å². The van der Waals surface area contributed by atoms with Gasteiger partial charge in [0.25, 0.3) is 11.8 Å². The second-order valence-electron chi connectivity index (χ2n) is 9.05. The molecule has 1 aliphatic heterocycles. The quantitative estimate of drug-likeness (QED) is 0.276. The summed E-state index contributed by atoms with van der Waals surface area (Å²) < 4.78 is 10.1. The number of benzene rings is 3. The third-order valence-corrected chi connectivity index (χ3v) is 6.59. The van der Waals surface area contributed by atoms with Gasteiger partial charge in [-0.25, -0.2) is 0 Å². The van der Waals surface area contributed by atoms with Crippen LogP contribution < -0.4 is 10.2 Å². The Morgan fingerprint density at radius 2 is 1.44 bits per heavy atom. The van der Waals surface area contributed by atoms with E-state index in [1.807, 2.05) is 42.5 Å². The summed E-state index contributed by atoms with van der Waals surface area (Å²) in [5, 5.41) is 4.97. The van der Waals surface area contributed by atoms with Gasteiger partial charge in [0.05, 0.1) is 13.2 Å². The summed E-state index contributed by atoms with van der Waals surface area (Å²) in [5.41, 5.74) is 3.71. The maximum Gasteiger partial charge on any atom is 0.325 e. The van der Waals surface area contributed by atoms with Crippen molar-refractivity contribution in [2.75, 3.05) is 49.6 Å². The minimum absolute atomic E-state index is 0.0559. The number of nitrogens with zero attached hydrogens (tertiary/aromatic N) is 2. The number of hydrogen-bond acceptors (Lipinski definition) is 8. The van der Waals surface area contributed by atoms with E-state index in [1.165, 1.54) is 4.90 Å². The van der Waals surface area contributed by atoms with E-state index in [0.29, 0.717) is 41.7 Å². The van der Waals surface area contributed by atoms with E-state index >= 15 is 0 Å². The Bertz CT molecular complexity index is 1340. The van der Waals surface area contributed by atoms with Crippen molar-refractivity contribution in [2.24, 2.45) is 0 Å². The average molecular weight is 532 g/mol. The number of rotatable bonds is 12. The molecule has 204 valence electrons. The van der Waals surface area contributed by atoms with Gasteiger partial charge in [-0.15, -0.1) is 0 Å². The Hall–Kier alpha value is -4.40. The molecule has 39 heavy (non-hydrogen) atoms. The summed E-state index contributed by atoms with van der Waals surface area (Å²) in [5.74, 6) is -1.36. The van der Waals surface area contributed by atoms with E-state index in [-0.39, 0.29) is 38.1 Å². The lowest BCUT2D eigenvalue weighted by molar-refractivity contribution is -0.142. The SMILES string of the molecule is CCOC(=O)CN(CC(=O)OCC)c1ccc(CCNc2ccc3c4c(cccc24)C(=O)N(CC)C3=O)cc1. The van der Waals surface area contributed by atoms with Crippen molar-refractivity contribution in [3.63, 3.8) is 0 Å². The van der Waals surface area contributed by atoms with Crippen LogP contribution in [-0.2, 0) is 25.5 Å². The minimum Gasteiger partial charge on any atom is -0.465 e. The summed E-state index contributed by atoms with van der Waals surface area (Å²) in [4.78, 5) is 52.7. The van der Waals surface area contributed by atoms with Crippen LogP contribution in [0, 0.1) is 0 Å². The Morgan fingerprint density at radius 3 is 2.03 bits per heavy atom. The summed E-state index contributed by atoms with van der Waals surface area (Å²) in [6, 6.07) is 16.8. The van der Waals surface area contributed by atoms with Crippen molar-refractivity contribution >= 4 is 45.9 Å². The van der Waals surface area contributed by atoms with Crippen molar-refractivity contribution in [1.29, 1.82) is 0 Å². The molecule has 2 amide bonds. The first-order valence-electron chi connectivity index (χ1n) is 13.2. The summed E-state index contributed by atoms with van der Waals surface area (Å²) in [6.07, 6.45) is 0.709. The molecule has 0 spiro atoms. The molecule has 1 heterocycles. The molecule has 0 saturated heterocycles. The van der Waals surface area contributed by atoms with Crippen molar-refractivity contribution in [1.82, 2.24) is 4.90 Å². The van der Waals surface area contributed by atoms with Crippen LogP contribution in [0.1, 0.15) is 47.1 Å². The van der Waals surface area contributed by atoms with Gasteiger partial charge in [0.1, 0.15) is 13.1 Å². The Kier molecular flexibility index (Phi) is 8.81. The molecule has 4 rings (SSSR count). The predicted octanol–water partition coefficient (Wildman–Crippen LogP) is 4.04. The van der Waals surface area contributed by atoms with Gasteiger partial charge < -0.3 is 19.7 Å². The standard InChI is InChI=1S/C30H33N3O6/c1-4-33-29(36)23-9-7-8-22-25(15-14-24(28(22)23)30(33)37)31-17-16-20-10-12-21(13-11-20)32(18-26(34)38-5-2)19-27(35)39-6-3/h7-15,31H,4-6,16-19H2,1-3H3. The highest BCUT2D eigenvalue weighted by molar-refractivity contribution is 6.26. The largest absolute Gasteiger partial charge is 0.465 e. The molecule has 9 nitrogen and oxygen atoms in total. The molecule has 0 bridgehead atoms. The van der Waals surface area contributed by atoms with Crippen LogP contribution in [0.5, 0.6) is 0 Å². The Labute approximate surface area is 227 Å². The number of carbonyl (C=O) groups is 4. The lowest BCUT2D eigenvalue weighted by Crippen LogP contribution is -2.40. The Morgan fingerprint density at radius 1 is 0.821 bits per heavy atom. The van der Waals surface area contributed by atoms with E-state index in [0.717, 1.165) is 16.6 Å². The normalized spacial score (nSPS) is 12.4. The number of imide groups is 1. The first kappa shape index (κ1) is 27.6. The topological polar surface area (TPSA) is 105 Å². The fourth-order valence-corrected chi connectivity index (χ4v) is 4.77. The summed E-state index contributed by atoms with van der Waals surface area (Å²) in [7, 11) is 0. The van der Waals surface area contributed by atoms with Gasteiger partial charge in [-0.3, -0.25) is 24.1 Å². The second-order valence-corrected chi connectivity index (χ2v) is 9.05. The smallest absolute Gasteiger partial charge is 0.325 e. The molecule has 0 saturated carbocycles. The maximum absolute atomic E-state index is 12.8. The second kappa shape index (κ2) is 12.4. The molecular weight excluding hydrogens is 498 g/mol. The van der Waals surface area contributed by atoms with Gasteiger partial charge in [0.15, 0.2) is 0 Å². The number of nitrogens with one attached hydrogen (secondary N) is 1. The van der Waals surface area contributed by atoms with Crippen LogP contribution in [0.2, 0.25) is 0 Å². The van der Waals surface area contributed by atoms with Crippen LogP contribution in [0.4, 0.5) is 11.4 Å². The number of amides is 2. The highest BCUT2D eigenvalue weighted by Crippen LogP contribution is 2.34. The molecule has 0 fully saturated rings. The predicted molar refractivity (Wildman–Crippen MR) is 149 cm³/mol. The zero-order valence-corrected chi connectivity index (χ0v) is 22.5. The van der Waals surface area contributed by atoms with Crippen LogP contribution in [0.3, 0.4) is 0 Å². The van der Waals surface area contributed by atoms with E-state index in [2.05, 4.69) is 5.32 Å². The van der Waals surface area contributed by atoms with E-state index < -0.39 is 11.9 Å². The van der Waals surface area contributed by atoms with Gasteiger partial charge in [0.2, 0.25) is 0 Å². The fourth-order valence-electron chi connectivity index (χ4n) is 4.77. The van der Waals surface area contributed by atoms with Gasteiger partial charge in [-0.05, 0) is 63.1 Å². The number of ether oxygens (including phenoxy) is 2. The molecular formula is C30H33N3O6. The molecule has 0 radical (unpaired) electrons. The van der Waals surface area contributed by atoms with Crippen molar-refractivity contribution in [2.45, 2.75) is 27.2 Å². The highest BCUT2D eigenvalue weighted by atomic mass is 16.5. The van der Waals surface area contributed by atoms with Crippen LogP contribution in [0.25, 0.3) is 10.8 Å². The molecule has 1 N–H and O–H groups in total. The molecule has 0 aliphatic carbocycles. The summed E-state index contributed by atoms with van der Waals surface area (Å²) in [6.45, 7) is 6.64. The molecule has 1 aliphatic rings. The van der Waals surface area contributed by atoms with E-state index in [1.54, 1.807) is 37.8 Å². The number of esters is 2. The number of carbonyl (C=O) groups excluding carboxylic acids is 4. The molecule has 0 atom stereocenters. The third-order valence-electron chi connectivity index (χ3n) is 6.59. The van der Waals surface area contributed by atoms with Gasteiger partial charge in [0, 0.05) is 46.4 Å². The Balaban J connectivity index is 1.45. The van der Waals surface area contributed by atoms with Crippen LogP contribution in [-0.4, -0.2) is 68.0 Å². The number of hydrogen-bond donors (Lipinski definition) is 1.